The van der Waals surface area contributed by atoms with Crippen molar-refractivity contribution in [2.75, 3.05) is 26.8 Å². The summed E-state index contributed by atoms with van der Waals surface area (Å²) in [5, 5.41) is 0.845. The van der Waals surface area contributed by atoms with E-state index >= 15 is 0 Å². The highest BCUT2D eigenvalue weighted by Gasteiger charge is 2.15. The molecule has 0 saturated heterocycles. The van der Waals surface area contributed by atoms with Gasteiger partial charge in [-0.2, -0.15) is 4.68 Å². The lowest BCUT2D eigenvalue weighted by Crippen LogP contribution is -2.34. The molecule has 0 bridgehead atoms. The number of halogens is 1. The minimum atomic E-state index is -0.541. The molecule has 0 saturated carbocycles. The number of carbonyl (C=O) groups is 1. The van der Waals surface area contributed by atoms with Crippen molar-refractivity contribution in [1.29, 1.82) is 0 Å². The molecule has 0 aliphatic heterocycles. The Hall–Kier alpha value is -4.30. The predicted octanol–water partition coefficient (Wildman–Crippen LogP) is 4.53. The second-order valence-electron chi connectivity index (χ2n) is 7.37. The van der Waals surface area contributed by atoms with Gasteiger partial charge in [0.15, 0.2) is 17.3 Å². The van der Waals surface area contributed by atoms with E-state index in [0.29, 0.717) is 44.3 Å². The summed E-state index contributed by atoms with van der Waals surface area (Å²) in [4.78, 5) is 30.7. The zero-order valence-electron chi connectivity index (χ0n) is 19.2. The normalized spacial score (nSPS) is 11.0. The van der Waals surface area contributed by atoms with E-state index in [2.05, 4.69) is 10.4 Å². The highest BCUT2D eigenvalue weighted by Crippen LogP contribution is 2.38. The number of benzene rings is 3. The number of hydrogen-bond acceptors (Lipinski definition) is 6. The number of methoxy groups -OCH3 is 3. The molecule has 9 heteroatoms. The van der Waals surface area contributed by atoms with Gasteiger partial charge in [-0.25, -0.2) is 4.98 Å². The molecule has 178 valence electrons. The van der Waals surface area contributed by atoms with Gasteiger partial charge in [0, 0.05) is 16.7 Å². The largest absolute Gasteiger partial charge is 0.493 e. The van der Waals surface area contributed by atoms with Crippen LogP contribution in [0.3, 0.4) is 0 Å². The number of hydrogen-bond donors (Lipinski definition) is 1. The summed E-state index contributed by atoms with van der Waals surface area (Å²) >= 11 is 6.16. The number of aromatic nitrogens is 2. The zero-order valence-corrected chi connectivity index (χ0v) is 20.0. The van der Waals surface area contributed by atoms with Gasteiger partial charge in [-0.15, -0.1) is 0 Å². The van der Waals surface area contributed by atoms with Gasteiger partial charge in [0.2, 0.25) is 5.75 Å². The summed E-state index contributed by atoms with van der Waals surface area (Å²) in [6.45, 7) is 0. The van der Waals surface area contributed by atoms with E-state index < -0.39 is 11.5 Å². The maximum absolute atomic E-state index is 13.3. The van der Waals surface area contributed by atoms with Crippen molar-refractivity contribution in [1.82, 2.24) is 9.66 Å². The van der Waals surface area contributed by atoms with Crippen molar-refractivity contribution in [2.24, 2.45) is 0 Å². The van der Waals surface area contributed by atoms with Crippen LogP contribution in [0.25, 0.3) is 28.4 Å². The third-order valence-corrected chi connectivity index (χ3v) is 5.43. The minimum Gasteiger partial charge on any atom is -0.493 e. The van der Waals surface area contributed by atoms with Crippen molar-refractivity contribution >= 4 is 34.5 Å². The number of nitrogens with one attached hydrogen (secondary N) is 1. The Morgan fingerprint density at radius 2 is 1.69 bits per heavy atom. The molecule has 0 fully saturated rings. The Morgan fingerprint density at radius 1 is 0.971 bits per heavy atom. The van der Waals surface area contributed by atoms with Gasteiger partial charge in [0.1, 0.15) is 0 Å². The second kappa shape index (κ2) is 10.3. The van der Waals surface area contributed by atoms with Gasteiger partial charge in [-0.05, 0) is 48.0 Å². The van der Waals surface area contributed by atoms with E-state index in [4.69, 9.17) is 25.8 Å². The summed E-state index contributed by atoms with van der Waals surface area (Å²) < 4.78 is 17.1. The first-order valence-electron chi connectivity index (χ1n) is 10.5. The zero-order chi connectivity index (χ0) is 24.9. The fourth-order valence-electron chi connectivity index (χ4n) is 3.57. The molecule has 35 heavy (non-hydrogen) atoms. The standard InChI is InChI=1S/C26H22ClN3O5/c1-33-21-13-16(14-22(34-2)24(21)35-3)11-12-23(31)29-30-25(17-7-6-8-18(27)15-17)28-20-10-5-4-9-19(20)26(30)32/h4-15H,1-3H3,(H,29,31)/b12-11-. The Balaban J connectivity index is 1.72. The summed E-state index contributed by atoms with van der Waals surface area (Å²) in [6.07, 6.45) is 2.86. The van der Waals surface area contributed by atoms with Crippen LogP contribution in [0.15, 0.2) is 71.5 Å². The summed E-state index contributed by atoms with van der Waals surface area (Å²) in [7, 11) is 4.53. The summed E-state index contributed by atoms with van der Waals surface area (Å²) in [5.74, 6) is 1.05. The van der Waals surface area contributed by atoms with Gasteiger partial charge in [0.25, 0.3) is 11.5 Å². The number of amides is 1. The maximum atomic E-state index is 13.3. The smallest absolute Gasteiger partial charge is 0.280 e. The average Bonchev–Trinajstić information content (AvgIpc) is 2.88. The lowest BCUT2D eigenvalue weighted by Gasteiger charge is -2.14. The summed E-state index contributed by atoms with van der Waals surface area (Å²) in [5.41, 5.74) is 3.92. The maximum Gasteiger partial charge on any atom is 0.280 e. The molecule has 0 atom stereocenters. The van der Waals surface area contributed by atoms with Crippen molar-refractivity contribution in [2.45, 2.75) is 0 Å². The Kier molecular flexibility index (Phi) is 7.03. The molecule has 0 spiro atoms. The van der Waals surface area contributed by atoms with Crippen LogP contribution in [-0.2, 0) is 4.79 Å². The van der Waals surface area contributed by atoms with Crippen LogP contribution >= 0.6 is 11.6 Å². The molecular formula is C26H22ClN3O5. The van der Waals surface area contributed by atoms with E-state index in [0.717, 1.165) is 4.68 Å². The van der Waals surface area contributed by atoms with E-state index in [1.807, 2.05) is 0 Å². The Labute approximate surface area is 206 Å². The molecule has 0 radical (unpaired) electrons. The Morgan fingerprint density at radius 3 is 2.34 bits per heavy atom. The van der Waals surface area contributed by atoms with Crippen LogP contribution in [-0.4, -0.2) is 36.9 Å². The molecular weight excluding hydrogens is 470 g/mol. The first-order valence-corrected chi connectivity index (χ1v) is 10.9. The predicted molar refractivity (Wildman–Crippen MR) is 136 cm³/mol. The van der Waals surface area contributed by atoms with Crippen LogP contribution in [0.5, 0.6) is 17.2 Å². The van der Waals surface area contributed by atoms with Crippen LogP contribution < -0.4 is 25.2 Å². The van der Waals surface area contributed by atoms with E-state index in [-0.39, 0.29) is 5.82 Å². The number of carbonyl (C=O) groups excluding carboxylic acids is 1. The molecule has 4 aromatic rings. The number of rotatable bonds is 7. The average molecular weight is 492 g/mol. The minimum absolute atomic E-state index is 0.255. The monoisotopic (exact) mass is 491 g/mol. The van der Waals surface area contributed by atoms with Gasteiger partial charge in [-0.1, -0.05) is 35.9 Å². The molecule has 3 aromatic carbocycles. The van der Waals surface area contributed by atoms with Gasteiger partial charge in [-0.3, -0.25) is 15.0 Å². The number of fused-ring (bicyclic) bond motifs is 1. The molecule has 1 heterocycles. The third-order valence-electron chi connectivity index (χ3n) is 5.19. The summed E-state index contributed by atoms with van der Waals surface area (Å²) in [6, 6.07) is 17.2. The fraction of sp³-hybridized carbons (Fsp3) is 0.115. The van der Waals surface area contributed by atoms with Crippen molar-refractivity contribution < 1.29 is 19.0 Å². The van der Waals surface area contributed by atoms with Crippen LogP contribution in [0.1, 0.15) is 5.56 Å². The fourth-order valence-corrected chi connectivity index (χ4v) is 3.76. The van der Waals surface area contributed by atoms with Crippen LogP contribution in [0.4, 0.5) is 0 Å². The highest BCUT2D eigenvalue weighted by atomic mass is 35.5. The molecule has 1 N–H and O–H groups in total. The van der Waals surface area contributed by atoms with Gasteiger partial charge >= 0.3 is 0 Å². The van der Waals surface area contributed by atoms with Crippen LogP contribution in [0.2, 0.25) is 5.02 Å². The molecule has 0 aliphatic rings. The molecule has 4 rings (SSSR count). The number of para-hydroxylation sites is 1. The van der Waals surface area contributed by atoms with Crippen molar-refractivity contribution in [3.05, 3.63) is 87.7 Å². The van der Waals surface area contributed by atoms with E-state index in [9.17, 15) is 9.59 Å². The highest BCUT2D eigenvalue weighted by molar-refractivity contribution is 6.30. The molecule has 1 aromatic heterocycles. The van der Waals surface area contributed by atoms with Gasteiger partial charge < -0.3 is 14.2 Å². The van der Waals surface area contributed by atoms with Crippen molar-refractivity contribution in [3.8, 4) is 28.6 Å². The topological polar surface area (TPSA) is 91.7 Å². The molecule has 1 amide bonds. The van der Waals surface area contributed by atoms with Crippen LogP contribution in [0, 0.1) is 0 Å². The molecule has 0 unspecified atom stereocenters. The first kappa shape index (κ1) is 23.8. The van der Waals surface area contributed by atoms with Crippen molar-refractivity contribution in [3.63, 3.8) is 0 Å². The number of nitrogens with zero attached hydrogens (tertiary/aromatic N) is 2. The molecule has 8 nitrogen and oxygen atoms in total. The van der Waals surface area contributed by atoms with E-state index in [1.165, 1.54) is 27.4 Å². The first-order chi connectivity index (χ1) is 16.9. The van der Waals surface area contributed by atoms with Gasteiger partial charge in [0.05, 0.1) is 32.2 Å². The third kappa shape index (κ3) is 4.97. The Bertz CT molecular complexity index is 1470. The van der Waals surface area contributed by atoms with E-state index in [1.54, 1.807) is 66.7 Å². The SMILES string of the molecule is COc1cc(/C=C\C(=O)Nn2c(-c3cccc(Cl)c3)nc3ccccc3c2=O)cc(OC)c1OC. The number of ether oxygens (including phenoxy) is 3. The lowest BCUT2D eigenvalue weighted by atomic mass is 10.1. The lowest BCUT2D eigenvalue weighted by molar-refractivity contribution is -0.112. The quantitative estimate of drug-likeness (QED) is 0.382. The molecule has 0 aliphatic carbocycles. The second-order valence-corrected chi connectivity index (χ2v) is 7.81.